The lowest BCUT2D eigenvalue weighted by Gasteiger charge is -2.05. The molecule has 0 spiro atoms. The number of sulfonamides is 1. The summed E-state index contributed by atoms with van der Waals surface area (Å²) in [5, 5.41) is 8.40. The first-order chi connectivity index (χ1) is 8.86. The van der Waals surface area contributed by atoms with E-state index in [0.29, 0.717) is 10.6 Å². The van der Waals surface area contributed by atoms with Gasteiger partial charge in [0.1, 0.15) is 4.88 Å². The molecule has 0 fully saturated rings. The number of carbonyl (C=O) groups is 1. The van der Waals surface area contributed by atoms with E-state index in [1.165, 1.54) is 35.7 Å². The van der Waals surface area contributed by atoms with E-state index in [2.05, 4.69) is 10.3 Å². The molecule has 0 bridgehead atoms. The van der Waals surface area contributed by atoms with Crippen molar-refractivity contribution >= 4 is 33.0 Å². The number of nitrogens with two attached hydrogens (primary N) is 1. The average Bonchev–Trinajstić information content (AvgIpc) is 2.75. The second-order valence-corrected chi connectivity index (χ2v) is 6.57. The molecule has 0 saturated heterocycles. The highest BCUT2D eigenvalue weighted by Gasteiger charge is 2.12. The van der Waals surface area contributed by atoms with Crippen molar-refractivity contribution in [3.05, 3.63) is 40.3 Å². The molecule has 1 heterocycles. The predicted octanol–water partition coefficient (Wildman–Crippen LogP) is 1.35. The van der Waals surface area contributed by atoms with Gasteiger partial charge in [0.2, 0.25) is 10.0 Å². The Balaban J connectivity index is 2.22. The molecule has 0 unspecified atom stereocenters. The van der Waals surface area contributed by atoms with Gasteiger partial charge in [-0.05, 0) is 25.1 Å². The number of hydrogen-bond donors (Lipinski definition) is 2. The lowest BCUT2D eigenvalue weighted by molar-refractivity contribution is 0.103. The average molecular weight is 297 g/mol. The van der Waals surface area contributed by atoms with Crippen LogP contribution in [0.3, 0.4) is 0 Å². The van der Waals surface area contributed by atoms with Crippen molar-refractivity contribution in [1.82, 2.24) is 4.98 Å². The minimum atomic E-state index is -3.78. The van der Waals surface area contributed by atoms with Crippen molar-refractivity contribution in [2.75, 3.05) is 5.32 Å². The maximum Gasteiger partial charge on any atom is 0.267 e. The Kier molecular flexibility index (Phi) is 3.65. The Labute approximate surface area is 114 Å². The SMILES string of the molecule is Cc1ncc(C(=O)Nc2cccc(S(N)(=O)=O)c2)s1. The number of amides is 1. The number of aromatic nitrogens is 1. The van der Waals surface area contributed by atoms with Crippen molar-refractivity contribution in [3.8, 4) is 0 Å². The van der Waals surface area contributed by atoms with Gasteiger partial charge in [0.25, 0.3) is 5.91 Å². The van der Waals surface area contributed by atoms with Crippen LogP contribution >= 0.6 is 11.3 Å². The van der Waals surface area contributed by atoms with Crippen LogP contribution in [0.2, 0.25) is 0 Å². The minimum Gasteiger partial charge on any atom is -0.321 e. The fraction of sp³-hybridized carbons (Fsp3) is 0.0909. The molecule has 0 aliphatic rings. The highest BCUT2D eigenvalue weighted by molar-refractivity contribution is 7.89. The number of nitrogens with one attached hydrogen (secondary N) is 1. The van der Waals surface area contributed by atoms with Crippen LogP contribution in [0, 0.1) is 6.92 Å². The van der Waals surface area contributed by atoms with Gasteiger partial charge < -0.3 is 5.32 Å². The van der Waals surface area contributed by atoms with E-state index in [9.17, 15) is 13.2 Å². The van der Waals surface area contributed by atoms with E-state index in [1.807, 2.05) is 0 Å². The zero-order valence-corrected chi connectivity index (χ0v) is 11.6. The Hall–Kier alpha value is -1.77. The molecule has 0 atom stereocenters. The zero-order valence-electron chi connectivity index (χ0n) is 9.95. The largest absolute Gasteiger partial charge is 0.321 e. The number of primary sulfonamides is 1. The topological polar surface area (TPSA) is 102 Å². The number of carbonyl (C=O) groups excluding carboxylic acids is 1. The van der Waals surface area contributed by atoms with Crippen LogP contribution in [0.5, 0.6) is 0 Å². The number of hydrogen-bond acceptors (Lipinski definition) is 5. The van der Waals surface area contributed by atoms with Crippen LogP contribution in [0.4, 0.5) is 5.69 Å². The fourth-order valence-corrected chi connectivity index (χ4v) is 2.64. The molecule has 0 aliphatic carbocycles. The van der Waals surface area contributed by atoms with Gasteiger partial charge in [-0.3, -0.25) is 4.79 Å². The summed E-state index contributed by atoms with van der Waals surface area (Å²) in [5.74, 6) is -0.336. The van der Waals surface area contributed by atoms with E-state index in [1.54, 1.807) is 13.0 Å². The summed E-state index contributed by atoms with van der Waals surface area (Å²) in [7, 11) is -3.78. The molecule has 6 nitrogen and oxygen atoms in total. The summed E-state index contributed by atoms with van der Waals surface area (Å²) in [6.07, 6.45) is 1.47. The second-order valence-electron chi connectivity index (χ2n) is 3.77. The molecular formula is C11H11N3O3S2. The number of rotatable bonds is 3. The van der Waals surface area contributed by atoms with Crippen LogP contribution in [-0.2, 0) is 10.0 Å². The third-order valence-corrected chi connectivity index (χ3v) is 4.09. The van der Waals surface area contributed by atoms with E-state index < -0.39 is 10.0 Å². The van der Waals surface area contributed by atoms with E-state index in [-0.39, 0.29) is 10.8 Å². The minimum absolute atomic E-state index is 0.0502. The first-order valence-corrected chi connectivity index (χ1v) is 7.59. The molecule has 1 amide bonds. The van der Waals surface area contributed by atoms with Crippen molar-refractivity contribution in [2.24, 2.45) is 5.14 Å². The maximum absolute atomic E-state index is 11.9. The smallest absolute Gasteiger partial charge is 0.267 e. The standard InChI is InChI=1S/C11H11N3O3S2/c1-7-13-6-10(18-7)11(15)14-8-3-2-4-9(5-8)19(12,16)17/h2-6H,1H3,(H,14,15)(H2,12,16,17). The predicted molar refractivity (Wildman–Crippen MR) is 72.6 cm³/mol. The molecule has 2 aromatic rings. The van der Waals surface area contributed by atoms with Gasteiger partial charge in [-0.2, -0.15) is 0 Å². The molecule has 19 heavy (non-hydrogen) atoms. The van der Waals surface area contributed by atoms with E-state index in [4.69, 9.17) is 5.14 Å². The molecular weight excluding hydrogens is 286 g/mol. The first kappa shape index (κ1) is 13.7. The van der Waals surface area contributed by atoms with Crippen molar-refractivity contribution < 1.29 is 13.2 Å². The summed E-state index contributed by atoms with van der Waals surface area (Å²) in [6, 6.07) is 5.76. The summed E-state index contributed by atoms with van der Waals surface area (Å²) in [5.41, 5.74) is 0.363. The monoisotopic (exact) mass is 297 g/mol. The normalized spacial score (nSPS) is 11.3. The maximum atomic E-state index is 11.9. The summed E-state index contributed by atoms with van der Waals surface area (Å²) in [4.78, 5) is 16.3. The van der Waals surface area contributed by atoms with E-state index >= 15 is 0 Å². The molecule has 2 rings (SSSR count). The van der Waals surface area contributed by atoms with Gasteiger partial charge in [0.05, 0.1) is 16.1 Å². The quantitative estimate of drug-likeness (QED) is 0.892. The van der Waals surface area contributed by atoms with Crippen molar-refractivity contribution in [2.45, 2.75) is 11.8 Å². The molecule has 3 N–H and O–H groups in total. The molecule has 1 aromatic heterocycles. The molecule has 1 aromatic carbocycles. The van der Waals surface area contributed by atoms with Crippen LogP contribution in [0.15, 0.2) is 35.4 Å². The van der Waals surface area contributed by atoms with E-state index in [0.717, 1.165) is 5.01 Å². The van der Waals surface area contributed by atoms with Crippen LogP contribution < -0.4 is 10.5 Å². The molecule has 0 aliphatic heterocycles. The molecule has 100 valence electrons. The highest BCUT2D eigenvalue weighted by Crippen LogP contribution is 2.17. The molecule has 0 saturated carbocycles. The Bertz CT molecular complexity index is 722. The van der Waals surface area contributed by atoms with Gasteiger partial charge in [-0.1, -0.05) is 6.07 Å². The van der Waals surface area contributed by atoms with Crippen LogP contribution in [0.25, 0.3) is 0 Å². The summed E-state index contributed by atoms with van der Waals surface area (Å²) >= 11 is 1.26. The third-order valence-electron chi connectivity index (χ3n) is 2.27. The van der Waals surface area contributed by atoms with Gasteiger partial charge in [0, 0.05) is 5.69 Å². The number of nitrogens with zero attached hydrogens (tertiary/aromatic N) is 1. The number of benzene rings is 1. The van der Waals surface area contributed by atoms with Gasteiger partial charge in [0.15, 0.2) is 0 Å². The second kappa shape index (κ2) is 5.08. The summed E-state index contributed by atoms with van der Waals surface area (Å²) < 4.78 is 22.4. The molecule has 0 radical (unpaired) electrons. The van der Waals surface area contributed by atoms with Crippen molar-refractivity contribution in [3.63, 3.8) is 0 Å². The number of aryl methyl sites for hydroxylation is 1. The Morgan fingerprint density at radius 3 is 2.74 bits per heavy atom. The van der Waals surface area contributed by atoms with Gasteiger partial charge >= 0.3 is 0 Å². The lowest BCUT2D eigenvalue weighted by atomic mass is 10.3. The highest BCUT2D eigenvalue weighted by atomic mass is 32.2. The van der Waals surface area contributed by atoms with Crippen molar-refractivity contribution in [1.29, 1.82) is 0 Å². The molecule has 8 heteroatoms. The van der Waals surface area contributed by atoms with Gasteiger partial charge in [-0.15, -0.1) is 11.3 Å². The zero-order chi connectivity index (χ0) is 14.0. The first-order valence-electron chi connectivity index (χ1n) is 5.23. The van der Waals surface area contributed by atoms with Gasteiger partial charge in [-0.25, -0.2) is 18.5 Å². The Morgan fingerprint density at radius 2 is 2.16 bits per heavy atom. The number of anilines is 1. The van der Waals surface area contributed by atoms with Crippen LogP contribution in [0.1, 0.15) is 14.7 Å². The lowest BCUT2D eigenvalue weighted by Crippen LogP contribution is -2.14. The number of thiazole rings is 1. The Morgan fingerprint density at radius 1 is 1.42 bits per heavy atom. The fourth-order valence-electron chi connectivity index (χ4n) is 1.41. The summed E-state index contributed by atoms with van der Waals surface area (Å²) in [6.45, 7) is 1.79. The third kappa shape index (κ3) is 3.37. The van der Waals surface area contributed by atoms with Crippen LogP contribution in [-0.4, -0.2) is 19.3 Å².